The molecule has 0 atom stereocenters. The molecule has 98 valence electrons. The van der Waals surface area contributed by atoms with E-state index in [9.17, 15) is 9.59 Å². The monoisotopic (exact) mass is 244 g/mol. The Labute approximate surface area is 101 Å². The molecular formula is C11H20N2O4. The fourth-order valence-electron chi connectivity index (χ4n) is 1.67. The number of rotatable bonds is 8. The molecule has 1 aliphatic heterocycles. The van der Waals surface area contributed by atoms with Crippen LogP contribution in [0.5, 0.6) is 0 Å². The quantitative estimate of drug-likeness (QED) is 0.544. The highest BCUT2D eigenvalue weighted by Crippen LogP contribution is 2.08. The lowest BCUT2D eigenvalue weighted by Gasteiger charge is -2.14. The second-order valence-corrected chi connectivity index (χ2v) is 3.96. The zero-order valence-electron chi connectivity index (χ0n) is 9.98. The summed E-state index contributed by atoms with van der Waals surface area (Å²) in [5, 5.41) is 11.2. The Balaban J connectivity index is 1.99. The Morgan fingerprint density at radius 1 is 1.47 bits per heavy atom. The SMILES string of the molecule is O=C(CN1CCCC1=O)NCCCOCCO. The largest absolute Gasteiger partial charge is 0.394 e. The molecule has 6 nitrogen and oxygen atoms in total. The van der Waals surface area contributed by atoms with Crippen molar-refractivity contribution in [2.75, 3.05) is 39.5 Å². The van der Waals surface area contributed by atoms with Gasteiger partial charge in [-0.15, -0.1) is 0 Å². The van der Waals surface area contributed by atoms with Crippen molar-refractivity contribution in [1.82, 2.24) is 10.2 Å². The van der Waals surface area contributed by atoms with Gasteiger partial charge in [-0.25, -0.2) is 0 Å². The molecule has 1 heterocycles. The summed E-state index contributed by atoms with van der Waals surface area (Å²) in [6.45, 7) is 2.25. The van der Waals surface area contributed by atoms with Gasteiger partial charge in [0, 0.05) is 26.1 Å². The van der Waals surface area contributed by atoms with Gasteiger partial charge in [-0.2, -0.15) is 0 Å². The van der Waals surface area contributed by atoms with Crippen molar-refractivity contribution < 1.29 is 19.4 Å². The fourth-order valence-corrected chi connectivity index (χ4v) is 1.67. The summed E-state index contributed by atoms with van der Waals surface area (Å²) in [5.41, 5.74) is 0. The van der Waals surface area contributed by atoms with Gasteiger partial charge >= 0.3 is 0 Å². The maximum atomic E-state index is 11.4. The van der Waals surface area contributed by atoms with Gasteiger partial charge in [0.15, 0.2) is 0 Å². The molecule has 0 aliphatic carbocycles. The Morgan fingerprint density at radius 2 is 2.29 bits per heavy atom. The van der Waals surface area contributed by atoms with Crippen LogP contribution in [-0.4, -0.2) is 61.3 Å². The molecule has 0 unspecified atom stereocenters. The van der Waals surface area contributed by atoms with Gasteiger partial charge in [0.2, 0.25) is 11.8 Å². The molecule has 1 aliphatic rings. The Hall–Kier alpha value is -1.14. The molecule has 2 amide bonds. The molecule has 1 fully saturated rings. The minimum absolute atomic E-state index is 0.0173. The van der Waals surface area contributed by atoms with Crippen LogP contribution in [0.3, 0.4) is 0 Å². The first-order valence-corrected chi connectivity index (χ1v) is 5.97. The van der Waals surface area contributed by atoms with E-state index in [2.05, 4.69) is 5.32 Å². The van der Waals surface area contributed by atoms with Crippen LogP contribution >= 0.6 is 0 Å². The van der Waals surface area contributed by atoms with Crippen LogP contribution in [0.1, 0.15) is 19.3 Å². The van der Waals surface area contributed by atoms with Crippen LogP contribution in [0.4, 0.5) is 0 Å². The van der Waals surface area contributed by atoms with E-state index in [1.54, 1.807) is 4.90 Å². The zero-order chi connectivity index (χ0) is 12.5. The zero-order valence-corrected chi connectivity index (χ0v) is 9.98. The van der Waals surface area contributed by atoms with Gasteiger partial charge < -0.3 is 20.1 Å². The molecule has 1 rings (SSSR count). The third kappa shape index (κ3) is 5.65. The van der Waals surface area contributed by atoms with Gasteiger partial charge in [-0.3, -0.25) is 9.59 Å². The molecule has 0 aromatic rings. The van der Waals surface area contributed by atoms with Crippen LogP contribution in [-0.2, 0) is 14.3 Å². The predicted molar refractivity (Wildman–Crippen MR) is 61.3 cm³/mol. The first-order chi connectivity index (χ1) is 8.24. The van der Waals surface area contributed by atoms with Gasteiger partial charge in [0.1, 0.15) is 0 Å². The lowest BCUT2D eigenvalue weighted by atomic mass is 10.4. The minimum atomic E-state index is -0.123. The summed E-state index contributed by atoms with van der Waals surface area (Å²) >= 11 is 0. The highest BCUT2D eigenvalue weighted by molar-refractivity contribution is 5.85. The Morgan fingerprint density at radius 3 is 2.94 bits per heavy atom. The van der Waals surface area contributed by atoms with E-state index in [-0.39, 0.29) is 25.0 Å². The predicted octanol–water partition coefficient (Wildman–Crippen LogP) is -0.876. The summed E-state index contributed by atoms with van der Waals surface area (Å²) in [6.07, 6.45) is 2.11. The maximum Gasteiger partial charge on any atom is 0.239 e. The molecule has 6 heteroatoms. The van der Waals surface area contributed by atoms with Crippen molar-refractivity contribution in [2.24, 2.45) is 0 Å². The van der Waals surface area contributed by atoms with E-state index >= 15 is 0 Å². The van der Waals surface area contributed by atoms with Crippen molar-refractivity contribution >= 4 is 11.8 Å². The van der Waals surface area contributed by atoms with Gasteiger partial charge in [0.05, 0.1) is 19.8 Å². The third-order valence-corrected chi connectivity index (χ3v) is 2.53. The second kappa shape index (κ2) is 8.03. The number of hydrogen-bond acceptors (Lipinski definition) is 4. The summed E-state index contributed by atoms with van der Waals surface area (Å²) in [6, 6.07) is 0. The highest BCUT2D eigenvalue weighted by Gasteiger charge is 2.21. The molecule has 0 bridgehead atoms. The minimum Gasteiger partial charge on any atom is -0.394 e. The fraction of sp³-hybridized carbons (Fsp3) is 0.818. The summed E-state index contributed by atoms with van der Waals surface area (Å²) in [5.74, 6) is -0.0613. The van der Waals surface area contributed by atoms with Gasteiger partial charge in [-0.1, -0.05) is 0 Å². The number of aliphatic hydroxyl groups excluding tert-OH is 1. The summed E-state index contributed by atoms with van der Waals surface area (Å²) < 4.78 is 5.05. The number of aliphatic hydroxyl groups is 1. The van der Waals surface area contributed by atoms with Crippen molar-refractivity contribution in [2.45, 2.75) is 19.3 Å². The Bertz CT molecular complexity index is 258. The number of ether oxygens (including phenoxy) is 1. The normalized spacial score (nSPS) is 15.4. The molecule has 0 aromatic heterocycles. The van der Waals surface area contributed by atoms with E-state index < -0.39 is 0 Å². The average Bonchev–Trinajstić information content (AvgIpc) is 2.69. The summed E-state index contributed by atoms with van der Waals surface area (Å²) in [4.78, 5) is 24.3. The van der Waals surface area contributed by atoms with Crippen LogP contribution in [0, 0.1) is 0 Å². The number of carbonyl (C=O) groups is 2. The van der Waals surface area contributed by atoms with Gasteiger partial charge in [0.25, 0.3) is 0 Å². The van der Waals surface area contributed by atoms with E-state index in [4.69, 9.17) is 9.84 Å². The average molecular weight is 244 g/mol. The number of amides is 2. The topological polar surface area (TPSA) is 78.9 Å². The van der Waals surface area contributed by atoms with Gasteiger partial charge in [-0.05, 0) is 12.8 Å². The van der Waals surface area contributed by atoms with Crippen LogP contribution in [0.2, 0.25) is 0 Å². The van der Waals surface area contributed by atoms with Crippen LogP contribution in [0.25, 0.3) is 0 Å². The lowest BCUT2D eigenvalue weighted by molar-refractivity contribution is -0.133. The van der Waals surface area contributed by atoms with E-state index in [0.717, 1.165) is 6.42 Å². The number of likely N-dealkylation sites (tertiary alicyclic amines) is 1. The molecule has 0 aromatic carbocycles. The number of carbonyl (C=O) groups excluding carboxylic acids is 2. The van der Waals surface area contributed by atoms with Crippen LogP contribution < -0.4 is 5.32 Å². The first-order valence-electron chi connectivity index (χ1n) is 5.97. The molecule has 0 saturated carbocycles. The summed E-state index contributed by atoms with van der Waals surface area (Å²) in [7, 11) is 0. The van der Waals surface area contributed by atoms with Crippen molar-refractivity contribution in [1.29, 1.82) is 0 Å². The molecular weight excluding hydrogens is 224 g/mol. The van der Waals surface area contributed by atoms with Crippen molar-refractivity contribution in [3.8, 4) is 0 Å². The molecule has 0 radical (unpaired) electrons. The molecule has 0 spiro atoms. The van der Waals surface area contributed by atoms with E-state index in [0.29, 0.717) is 39.1 Å². The first kappa shape index (κ1) is 13.9. The second-order valence-electron chi connectivity index (χ2n) is 3.96. The Kier molecular flexibility index (Phi) is 6.57. The van der Waals surface area contributed by atoms with Crippen molar-refractivity contribution in [3.05, 3.63) is 0 Å². The maximum absolute atomic E-state index is 11.4. The smallest absolute Gasteiger partial charge is 0.239 e. The molecule has 1 saturated heterocycles. The lowest BCUT2D eigenvalue weighted by Crippen LogP contribution is -2.38. The number of nitrogens with zero attached hydrogens (tertiary/aromatic N) is 1. The molecule has 17 heavy (non-hydrogen) atoms. The van der Waals surface area contributed by atoms with Crippen LogP contribution in [0.15, 0.2) is 0 Å². The number of hydrogen-bond donors (Lipinski definition) is 2. The standard InChI is InChI=1S/C11H20N2O4/c14-6-8-17-7-2-4-12-10(15)9-13-5-1-3-11(13)16/h14H,1-9H2,(H,12,15). The highest BCUT2D eigenvalue weighted by atomic mass is 16.5. The van der Waals surface area contributed by atoms with E-state index in [1.165, 1.54) is 0 Å². The third-order valence-electron chi connectivity index (χ3n) is 2.53. The van der Waals surface area contributed by atoms with Crippen molar-refractivity contribution in [3.63, 3.8) is 0 Å². The molecule has 2 N–H and O–H groups in total. The van der Waals surface area contributed by atoms with E-state index in [1.807, 2.05) is 0 Å². The number of nitrogens with one attached hydrogen (secondary N) is 1.